The molecule has 2 heterocycles. The molecule has 1 saturated heterocycles. The molecule has 0 atom stereocenters. The molecule has 2 amide bonds. The number of hydrogen-bond donors (Lipinski definition) is 0. The number of aryl methyl sites for hydroxylation is 2. The lowest BCUT2D eigenvalue weighted by atomic mass is 10.1. The first-order chi connectivity index (χ1) is 11.5. The molecule has 0 unspecified atom stereocenters. The molecule has 126 valence electrons. The molecule has 0 bridgehead atoms. The van der Waals surface area contributed by atoms with Crippen molar-refractivity contribution in [1.82, 2.24) is 15.0 Å². The minimum Gasteiger partial charge on any atom is -0.361 e. The highest BCUT2D eigenvalue weighted by molar-refractivity contribution is 5.94. The van der Waals surface area contributed by atoms with Crippen LogP contribution in [0.2, 0.25) is 0 Å². The fraction of sp³-hybridized carbons (Fsp3) is 0.389. The Morgan fingerprint density at radius 3 is 2.17 bits per heavy atom. The normalized spacial score (nSPS) is 15.2. The maximum atomic E-state index is 12.6. The van der Waals surface area contributed by atoms with Crippen LogP contribution in [0.25, 0.3) is 0 Å². The zero-order valence-corrected chi connectivity index (χ0v) is 14.0. The van der Waals surface area contributed by atoms with Crippen LogP contribution in [-0.4, -0.2) is 52.9 Å². The smallest absolute Gasteiger partial charge is 0.276 e. The molecule has 1 aliphatic rings. The maximum Gasteiger partial charge on any atom is 0.276 e. The van der Waals surface area contributed by atoms with Gasteiger partial charge in [0.05, 0.1) is 0 Å². The van der Waals surface area contributed by atoms with Crippen LogP contribution < -0.4 is 0 Å². The van der Waals surface area contributed by atoms with Gasteiger partial charge in [-0.15, -0.1) is 0 Å². The van der Waals surface area contributed by atoms with Gasteiger partial charge in [-0.2, -0.15) is 0 Å². The molecule has 1 fully saturated rings. The maximum absolute atomic E-state index is 12.6. The van der Waals surface area contributed by atoms with Crippen molar-refractivity contribution in [3.8, 4) is 0 Å². The molecule has 3 rings (SSSR count). The van der Waals surface area contributed by atoms with E-state index in [4.69, 9.17) is 4.52 Å². The average Bonchev–Trinajstić information content (AvgIpc) is 2.87. The Morgan fingerprint density at radius 2 is 1.58 bits per heavy atom. The van der Waals surface area contributed by atoms with E-state index in [1.807, 2.05) is 36.1 Å². The zero-order chi connectivity index (χ0) is 17.1. The number of carbonyl (C=O) groups excluding carboxylic acids is 2. The van der Waals surface area contributed by atoms with Gasteiger partial charge in [0.2, 0.25) is 0 Å². The average molecular weight is 327 g/mol. The fourth-order valence-electron chi connectivity index (χ4n) is 2.83. The van der Waals surface area contributed by atoms with E-state index in [1.54, 1.807) is 17.9 Å². The summed E-state index contributed by atoms with van der Waals surface area (Å²) in [5, 5.41) is 3.78. The Hall–Kier alpha value is -2.63. The Balaban J connectivity index is 1.65. The quantitative estimate of drug-likeness (QED) is 0.849. The van der Waals surface area contributed by atoms with Gasteiger partial charge in [0.25, 0.3) is 11.8 Å². The molecule has 6 heteroatoms. The molecule has 6 nitrogen and oxygen atoms in total. The third-order valence-electron chi connectivity index (χ3n) is 4.22. The first-order valence-electron chi connectivity index (χ1n) is 8.13. The molecule has 0 spiro atoms. The lowest BCUT2D eigenvalue weighted by Crippen LogP contribution is -2.37. The second kappa shape index (κ2) is 6.86. The monoisotopic (exact) mass is 327 g/mol. The van der Waals surface area contributed by atoms with Crippen molar-refractivity contribution >= 4 is 11.8 Å². The van der Waals surface area contributed by atoms with Crippen molar-refractivity contribution in [2.75, 3.05) is 26.2 Å². The van der Waals surface area contributed by atoms with E-state index < -0.39 is 0 Å². The Morgan fingerprint density at radius 1 is 0.958 bits per heavy atom. The van der Waals surface area contributed by atoms with Gasteiger partial charge in [-0.3, -0.25) is 9.59 Å². The van der Waals surface area contributed by atoms with Gasteiger partial charge in [-0.1, -0.05) is 22.9 Å². The SMILES string of the molecule is Cc1ccc(C(=O)N2CCCN(C(=O)c3cc(C)on3)CC2)cc1. The third-order valence-corrected chi connectivity index (χ3v) is 4.22. The number of aromatic nitrogens is 1. The van der Waals surface area contributed by atoms with Crippen LogP contribution in [-0.2, 0) is 0 Å². The second-order valence-electron chi connectivity index (χ2n) is 6.13. The van der Waals surface area contributed by atoms with Crippen LogP contribution in [0.4, 0.5) is 0 Å². The predicted molar refractivity (Wildman–Crippen MR) is 88.8 cm³/mol. The van der Waals surface area contributed by atoms with Crippen LogP contribution in [0.15, 0.2) is 34.9 Å². The summed E-state index contributed by atoms with van der Waals surface area (Å²) in [5.41, 5.74) is 2.14. The van der Waals surface area contributed by atoms with Crippen LogP contribution in [0.5, 0.6) is 0 Å². The molecule has 2 aromatic rings. The molecule has 1 aromatic heterocycles. The highest BCUT2D eigenvalue weighted by Gasteiger charge is 2.25. The largest absolute Gasteiger partial charge is 0.361 e. The van der Waals surface area contributed by atoms with Gasteiger partial charge in [-0.05, 0) is 32.4 Å². The summed E-state index contributed by atoms with van der Waals surface area (Å²) in [5.74, 6) is 0.488. The van der Waals surface area contributed by atoms with E-state index in [1.165, 1.54) is 0 Å². The van der Waals surface area contributed by atoms with Gasteiger partial charge in [0.1, 0.15) is 5.76 Å². The summed E-state index contributed by atoms with van der Waals surface area (Å²) in [6.45, 7) is 6.04. The highest BCUT2D eigenvalue weighted by atomic mass is 16.5. The van der Waals surface area contributed by atoms with E-state index in [0.717, 1.165) is 12.0 Å². The first-order valence-corrected chi connectivity index (χ1v) is 8.13. The molecule has 24 heavy (non-hydrogen) atoms. The molecule has 1 aliphatic heterocycles. The van der Waals surface area contributed by atoms with Crippen molar-refractivity contribution in [2.24, 2.45) is 0 Å². The summed E-state index contributed by atoms with van der Waals surface area (Å²) in [4.78, 5) is 28.6. The van der Waals surface area contributed by atoms with Crippen LogP contribution in [0.3, 0.4) is 0 Å². The standard InChI is InChI=1S/C18H21N3O3/c1-13-4-6-15(7-5-13)17(22)20-8-3-9-21(11-10-20)18(23)16-12-14(2)24-19-16/h4-7,12H,3,8-11H2,1-2H3. The van der Waals surface area contributed by atoms with Gasteiger partial charge >= 0.3 is 0 Å². The van der Waals surface area contributed by atoms with E-state index in [-0.39, 0.29) is 11.8 Å². The van der Waals surface area contributed by atoms with Crippen LogP contribution in [0.1, 0.15) is 38.6 Å². The minimum absolute atomic E-state index is 0.0154. The van der Waals surface area contributed by atoms with Crippen LogP contribution in [0, 0.1) is 13.8 Å². The van der Waals surface area contributed by atoms with Gasteiger partial charge in [0, 0.05) is 37.8 Å². The number of amides is 2. The Labute approximate surface area is 141 Å². The van der Waals surface area contributed by atoms with Crippen molar-refractivity contribution in [3.05, 3.63) is 52.9 Å². The van der Waals surface area contributed by atoms with E-state index in [9.17, 15) is 9.59 Å². The molecule has 0 N–H and O–H groups in total. The van der Waals surface area contributed by atoms with Crippen molar-refractivity contribution < 1.29 is 14.1 Å². The second-order valence-corrected chi connectivity index (χ2v) is 6.13. The summed E-state index contributed by atoms with van der Waals surface area (Å²) >= 11 is 0. The molecule has 0 saturated carbocycles. The molecular formula is C18H21N3O3. The molecule has 1 aromatic carbocycles. The number of carbonyl (C=O) groups is 2. The van der Waals surface area contributed by atoms with Crippen molar-refractivity contribution in [3.63, 3.8) is 0 Å². The molecule has 0 radical (unpaired) electrons. The highest BCUT2D eigenvalue weighted by Crippen LogP contribution is 2.13. The van der Waals surface area contributed by atoms with Crippen LogP contribution >= 0.6 is 0 Å². The summed E-state index contributed by atoms with van der Waals surface area (Å²) in [7, 11) is 0. The van der Waals surface area contributed by atoms with E-state index >= 15 is 0 Å². The van der Waals surface area contributed by atoms with E-state index in [0.29, 0.717) is 43.2 Å². The molecule has 0 aliphatic carbocycles. The van der Waals surface area contributed by atoms with Gasteiger partial charge < -0.3 is 14.3 Å². The Bertz CT molecular complexity index is 736. The topological polar surface area (TPSA) is 66.7 Å². The summed E-state index contributed by atoms with van der Waals surface area (Å²) < 4.78 is 4.97. The number of rotatable bonds is 2. The number of nitrogens with zero attached hydrogens (tertiary/aromatic N) is 3. The third kappa shape index (κ3) is 3.48. The first kappa shape index (κ1) is 16.2. The Kier molecular flexibility index (Phi) is 4.64. The predicted octanol–water partition coefficient (Wildman–Crippen LogP) is 2.28. The lowest BCUT2D eigenvalue weighted by molar-refractivity contribution is 0.0713. The minimum atomic E-state index is -0.142. The summed E-state index contributed by atoms with van der Waals surface area (Å²) in [6.07, 6.45) is 0.750. The fourth-order valence-corrected chi connectivity index (χ4v) is 2.83. The number of benzene rings is 1. The molecular weight excluding hydrogens is 306 g/mol. The lowest BCUT2D eigenvalue weighted by Gasteiger charge is -2.21. The van der Waals surface area contributed by atoms with Gasteiger partial charge in [0.15, 0.2) is 5.69 Å². The van der Waals surface area contributed by atoms with Crippen molar-refractivity contribution in [2.45, 2.75) is 20.3 Å². The van der Waals surface area contributed by atoms with E-state index in [2.05, 4.69) is 5.16 Å². The summed E-state index contributed by atoms with van der Waals surface area (Å²) in [6, 6.07) is 9.22. The van der Waals surface area contributed by atoms with Crippen molar-refractivity contribution in [1.29, 1.82) is 0 Å². The zero-order valence-electron chi connectivity index (χ0n) is 14.0. The number of hydrogen-bond acceptors (Lipinski definition) is 4. The van der Waals surface area contributed by atoms with Gasteiger partial charge in [-0.25, -0.2) is 0 Å².